The van der Waals surface area contributed by atoms with Gasteiger partial charge in [0.1, 0.15) is 12.6 Å². The summed E-state index contributed by atoms with van der Waals surface area (Å²) in [5.74, 6) is -0.912. The smallest absolute Gasteiger partial charge is 0.264 e. The summed E-state index contributed by atoms with van der Waals surface area (Å²) in [6, 6.07) is 28.3. The fourth-order valence-electron chi connectivity index (χ4n) is 4.71. The number of hydrogen-bond donors (Lipinski definition) is 1. The van der Waals surface area contributed by atoms with Crippen LogP contribution in [0, 0.1) is 6.92 Å². The van der Waals surface area contributed by atoms with Crippen LogP contribution < -0.4 is 9.62 Å². The molecule has 4 aromatic carbocycles. The number of anilines is 1. The predicted octanol–water partition coefficient (Wildman–Crippen LogP) is 6.66. The maximum atomic E-state index is 14.4. The molecule has 0 aliphatic heterocycles. The Morgan fingerprint density at radius 2 is 1.50 bits per heavy atom. The minimum absolute atomic E-state index is 0.0426. The minimum Gasteiger partial charge on any atom is -0.354 e. The van der Waals surface area contributed by atoms with Crippen molar-refractivity contribution in [3.05, 3.63) is 130 Å². The van der Waals surface area contributed by atoms with E-state index < -0.39 is 28.5 Å². The molecule has 0 aromatic heterocycles. The first-order chi connectivity index (χ1) is 21.1. The molecule has 2 amide bonds. The molecule has 10 heteroatoms. The molecule has 0 saturated heterocycles. The maximum absolute atomic E-state index is 14.4. The SMILES string of the molecule is CCCNC(=O)[C@@H](Cc1ccccc1)N(Cc1ccc(Cl)cc1Cl)C(=O)CN(c1ccccc1)S(=O)(=O)c1ccc(C)cc1. The summed E-state index contributed by atoms with van der Waals surface area (Å²) >= 11 is 12.7. The van der Waals surface area contributed by atoms with Crippen molar-refractivity contribution < 1.29 is 18.0 Å². The molecule has 44 heavy (non-hydrogen) atoms. The van der Waals surface area contributed by atoms with Crippen molar-refractivity contribution in [2.24, 2.45) is 0 Å². The van der Waals surface area contributed by atoms with Crippen LogP contribution in [0.25, 0.3) is 0 Å². The summed E-state index contributed by atoms with van der Waals surface area (Å²) in [4.78, 5) is 29.6. The molecule has 0 spiro atoms. The van der Waals surface area contributed by atoms with Crippen LogP contribution in [0.4, 0.5) is 5.69 Å². The number of carbonyl (C=O) groups excluding carboxylic acids is 2. The monoisotopic (exact) mass is 651 g/mol. The molecule has 1 atom stereocenters. The number of carbonyl (C=O) groups is 2. The minimum atomic E-state index is -4.16. The average molecular weight is 653 g/mol. The number of amides is 2. The summed E-state index contributed by atoms with van der Waals surface area (Å²) in [6.07, 6.45) is 0.917. The van der Waals surface area contributed by atoms with Gasteiger partial charge in [0.25, 0.3) is 10.0 Å². The third-order valence-corrected chi connectivity index (χ3v) is 9.48. The highest BCUT2D eigenvalue weighted by Gasteiger charge is 2.34. The molecule has 0 bridgehead atoms. The predicted molar refractivity (Wildman–Crippen MR) is 176 cm³/mol. The van der Waals surface area contributed by atoms with Gasteiger partial charge in [0.15, 0.2) is 0 Å². The number of hydrogen-bond acceptors (Lipinski definition) is 4. The lowest BCUT2D eigenvalue weighted by molar-refractivity contribution is -0.140. The second-order valence-electron chi connectivity index (χ2n) is 10.4. The summed E-state index contributed by atoms with van der Waals surface area (Å²) in [5, 5.41) is 3.68. The molecule has 0 aliphatic rings. The van der Waals surface area contributed by atoms with Crippen LogP contribution in [-0.2, 0) is 32.6 Å². The lowest BCUT2D eigenvalue weighted by Gasteiger charge is -2.34. The van der Waals surface area contributed by atoms with Crippen molar-refractivity contribution >= 4 is 50.7 Å². The first-order valence-corrected chi connectivity index (χ1v) is 16.5. The number of rotatable bonds is 13. The molecular weight excluding hydrogens is 617 g/mol. The van der Waals surface area contributed by atoms with Gasteiger partial charge in [-0.25, -0.2) is 8.42 Å². The van der Waals surface area contributed by atoms with Crippen molar-refractivity contribution in [1.29, 1.82) is 0 Å². The molecule has 0 heterocycles. The Morgan fingerprint density at radius 1 is 0.864 bits per heavy atom. The van der Waals surface area contributed by atoms with E-state index in [1.165, 1.54) is 17.0 Å². The van der Waals surface area contributed by atoms with Crippen LogP contribution in [-0.4, -0.2) is 44.3 Å². The normalized spacial score (nSPS) is 11.9. The van der Waals surface area contributed by atoms with Gasteiger partial charge >= 0.3 is 0 Å². The number of aryl methyl sites for hydroxylation is 1. The second kappa shape index (κ2) is 15.2. The van der Waals surface area contributed by atoms with E-state index in [0.717, 1.165) is 15.4 Å². The average Bonchev–Trinajstić information content (AvgIpc) is 3.02. The highest BCUT2D eigenvalue weighted by Crippen LogP contribution is 2.27. The highest BCUT2D eigenvalue weighted by molar-refractivity contribution is 7.92. The first kappa shape index (κ1) is 33.1. The fourth-order valence-corrected chi connectivity index (χ4v) is 6.60. The van der Waals surface area contributed by atoms with Crippen LogP contribution in [0.5, 0.6) is 0 Å². The van der Waals surface area contributed by atoms with Gasteiger partial charge in [-0.05, 0) is 60.9 Å². The van der Waals surface area contributed by atoms with Gasteiger partial charge in [0.2, 0.25) is 11.8 Å². The van der Waals surface area contributed by atoms with Crippen molar-refractivity contribution in [3.63, 3.8) is 0 Å². The summed E-state index contributed by atoms with van der Waals surface area (Å²) in [6.45, 7) is 3.64. The molecule has 7 nitrogen and oxygen atoms in total. The van der Waals surface area contributed by atoms with E-state index in [2.05, 4.69) is 5.32 Å². The Morgan fingerprint density at radius 3 is 2.11 bits per heavy atom. The lowest BCUT2D eigenvalue weighted by Crippen LogP contribution is -2.53. The van der Waals surface area contributed by atoms with Gasteiger partial charge in [-0.1, -0.05) is 102 Å². The van der Waals surface area contributed by atoms with Crippen molar-refractivity contribution in [2.75, 3.05) is 17.4 Å². The second-order valence-corrected chi connectivity index (χ2v) is 13.1. The zero-order chi connectivity index (χ0) is 31.7. The summed E-state index contributed by atoms with van der Waals surface area (Å²) in [5.41, 5.74) is 2.63. The number of para-hydroxylation sites is 1. The third kappa shape index (κ3) is 8.40. The molecule has 230 valence electrons. The van der Waals surface area contributed by atoms with E-state index in [0.29, 0.717) is 34.3 Å². The largest absolute Gasteiger partial charge is 0.354 e. The number of nitrogens with zero attached hydrogens (tertiary/aromatic N) is 2. The lowest BCUT2D eigenvalue weighted by atomic mass is 10.0. The highest BCUT2D eigenvalue weighted by atomic mass is 35.5. The quantitative estimate of drug-likeness (QED) is 0.175. The third-order valence-electron chi connectivity index (χ3n) is 7.11. The van der Waals surface area contributed by atoms with Crippen molar-refractivity contribution in [3.8, 4) is 0 Å². The molecule has 4 aromatic rings. The van der Waals surface area contributed by atoms with Gasteiger partial charge in [-0.3, -0.25) is 13.9 Å². The van der Waals surface area contributed by atoms with Gasteiger partial charge in [0, 0.05) is 29.6 Å². The Labute approximate surface area is 269 Å². The Balaban J connectivity index is 1.80. The Kier molecular flexibility index (Phi) is 11.4. The summed E-state index contributed by atoms with van der Waals surface area (Å²) in [7, 11) is -4.16. The fraction of sp³-hybridized carbons (Fsp3) is 0.235. The topological polar surface area (TPSA) is 86.8 Å². The van der Waals surface area contributed by atoms with E-state index >= 15 is 0 Å². The first-order valence-electron chi connectivity index (χ1n) is 14.3. The standard InChI is InChI=1S/C34H35Cl2N3O4S/c1-3-20-37-34(41)32(21-26-10-6-4-7-11-26)38(23-27-16-17-28(35)22-31(27)36)33(40)24-39(29-12-8-5-9-13-29)44(42,43)30-18-14-25(2)15-19-30/h4-19,22,32H,3,20-21,23-24H2,1-2H3,(H,37,41)/t32-/m1/s1. The van der Waals surface area contributed by atoms with E-state index in [1.54, 1.807) is 60.7 Å². The van der Waals surface area contributed by atoms with E-state index in [4.69, 9.17) is 23.2 Å². The Bertz CT molecular complexity index is 1670. The van der Waals surface area contributed by atoms with Crippen LogP contribution in [0.3, 0.4) is 0 Å². The van der Waals surface area contributed by atoms with Crippen LogP contribution in [0.2, 0.25) is 10.0 Å². The van der Waals surface area contributed by atoms with Crippen molar-refractivity contribution in [1.82, 2.24) is 10.2 Å². The number of sulfonamides is 1. The number of halogens is 2. The van der Waals surface area contributed by atoms with Crippen LogP contribution in [0.1, 0.15) is 30.0 Å². The number of nitrogens with one attached hydrogen (secondary N) is 1. The molecule has 1 N–H and O–H groups in total. The van der Waals surface area contributed by atoms with Crippen molar-refractivity contribution in [2.45, 2.75) is 44.2 Å². The molecule has 0 saturated carbocycles. The zero-order valence-electron chi connectivity index (χ0n) is 24.6. The summed E-state index contributed by atoms with van der Waals surface area (Å²) < 4.78 is 29.1. The Hall–Kier alpha value is -3.85. The molecule has 0 fully saturated rings. The molecule has 0 aliphatic carbocycles. The van der Waals surface area contributed by atoms with Gasteiger partial charge < -0.3 is 10.2 Å². The van der Waals surface area contributed by atoms with Gasteiger partial charge in [0.05, 0.1) is 10.6 Å². The molecule has 0 radical (unpaired) electrons. The van der Waals surface area contributed by atoms with Crippen LogP contribution >= 0.6 is 23.2 Å². The maximum Gasteiger partial charge on any atom is 0.264 e. The molecule has 0 unspecified atom stereocenters. The van der Waals surface area contributed by atoms with Gasteiger partial charge in [-0.15, -0.1) is 0 Å². The number of benzene rings is 4. The van der Waals surface area contributed by atoms with E-state index in [1.807, 2.05) is 44.2 Å². The zero-order valence-corrected chi connectivity index (χ0v) is 26.9. The van der Waals surface area contributed by atoms with Crippen LogP contribution in [0.15, 0.2) is 108 Å². The van der Waals surface area contributed by atoms with E-state index in [9.17, 15) is 18.0 Å². The van der Waals surface area contributed by atoms with Gasteiger partial charge in [-0.2, -0.15) is 0 Å². The molecular formula is C34H35Cl2N3O4S. The van der Waals surface area contributed by atoms with E-state index in [-0.39, 0.29) is 23.8 Å². The molecule has 4 rings (SSSR count).